The number of aromatic nitrogens is 2. The summed E-state index contributed by atoms with van der Waals surface area (Å²) in [5.74, 6) is -0.0376. The van der Waals surface area contributed by atoms with Crippen molar-refractivity contribution in [1.29, 1.82) is 5.26 Å². The first-order valence-electron chi connectivity index (χ1n) is 11.7. The minimum absolute atomic E-state index is 0.0732. The van der Waals surface area contributed by atoms with Gasteiger partial charge in [0, 0.05) is 39.8 Å². The topological polar surface area (TPSA) is 87.9 Å². The molecule has 4 aromatic rings. The number of ketones is 1. The molecule has 0 bridgehead atoms. The number of benzene rings is 2. The van der Waals surface area contributed by atoms with Crippen LogP contribution in [0.3, 0.4) is 0 Å². The van der Waals surface area contributed by atoms with Gasteiger partial charge in [-0.3, -0.25) is 9.69 Å². The molecule has 2 aromatic carbocycles. The molecule has 0 amide bonds. The van der Waals surface area contributed by atoms with Crippen molar-refractivity contribution in [2.75, 3.05) is 4.90 Å². The summed E-state index contributed by atoms with van der Waals surface area (Å²) in [6.07, 6.45) is 3.77. The van der Waals surface area contributed by atoms with Gasteiger partial charge in [-0.05, 0) is 60.2 Å². The van der Waals surface area contributed by atoms with Crippen molar-refractivity contribution in [3.63, 3.8) is 0 Å². The zero-order valence-corrected chi connectivity index (χ0v) is 20.9. The number of thiophene rings is 1. The van der Waals surface area contributed by atoms with Crippen molar-refractivity contribution in [1.82, 2.24) is 9.55 Å². The second-order valence-corrected chi connectivity index (χ2v) is 10.4. The predicted molar refractivity (Wildman–Crippen MR) is 143 cm³/mol. The molecule has 178 valence electrons. The summed E-state index contributed by atoms with van der Waals surface area (Å²) >= 11 is 7.83. The number of nitrogens with two attached hydrogens (primary N) is 1. The van der Waals surface area contributed by atoms with Gasteiger partial charge in [-0.2, -0.15) is 5.26 Å². The minimum Gasteiger partial charge on any atom is -0.384 e. The molecule has 0 radical (unpaired) electrons. The van der Waals surface area contributed by atoms with Gasteiger partial charge in [0.05, 0.1) is 34.9 Å². The van der Waals surface area contributed by atoms with E-state index in [4.69, 9.17) is 17.3 Å². The highest BCUT2D eigenvalue weighted by Gasteiger charge is 2.40. The average molecular weight is 512 g/mol. The molecule has 3 heterocycles. The number of para-hydroxylation sites is 2. The fourth-order valence-electron chi connectivity index (χ4n) is 5.24. The Bertz CT molecular complexity index is 1620. The molecule has 1 atom stereocenters. The molecule has 1 aliphatic carbocycles. The molecule has 0 unspecified atom stereocenters. The Labute approximate surface area is 217 Å². The molecule has 1 aliphatic heterocycles. The van der Waals surface area contributed by atoms with E-state index in [9.17, 15) is 10.1 Å². The van der Waals surface area contributed by atoms with Crippen LogP contribution in [0.25, 0.3) is 11.0 Å². The Balaban J connectivity index is 1.43. The van der Waals surface area contributed by atoms with Crippen LogP contribution in [-0.2, 0) is 11.3 Å². The highest BCUT2D eigenvalue weighted by molar-refractivity contribution is 7.10. The third-order valence-electron chi connectivity index (χ3n) is 6.82. The number of fused-ring (bicyclic) bond motifs is 1. The van der Waals surface area contributed by atoms with Crippen molar-refractivity contribution in [3.8, 4) is 6.07 Å². The van der Waals surface area contributed by atoms with Crippen molar-refractivity contribution < 1.29 is 4.79 Å². The third-order valence-corrected chi connectivity index (χ3v) is 8.10. The summed E-state index contributed by atoms with van der Waals surface area (Å²) in [7, 11) is 0. The first-order chi connectivity index (χ1) is 17.5. The molecule has 0 saturated carbocycles. The largest absolute Gasteiger partial charge is 0.384 e. The van der Waals surface area contributed by atoms with E-state index in [1.165, 1.54) is 0 Å². The number of carbonyl (C=O) groups excluding carboxylic acids is 1. The van der Waals surface area contributed by atoms with Crippen LogP contribution in [0, 0.1) is 11.3 Å². The monoisotopic (exact) mass is 511 g/mol. The number of nitriles is 1. The maximum absolute atomic E-state index is 13.3. The van der Waals surface area contributed by atoms with E-state index in [0.29, 0.717) is 41.4 Å². The zero-order chi connectivity index (χ0) is 24.8. The Hall–Kier alpha value is -3.86. The van der Waals surface area contributed by atoms with Gasteiger partial charge < -0.3 is 10.3 Å². The summed E-state index contributed by atoms with van der Waals surface area (Å²) in [5, 5.41) is 12.9. The van der Waals surface area contributed by atoms with Crippen LogP contribution in [0.15, 0.2) is 89.0 Å². The van der Waals surface area contributed by atoms with E-state index in [1.807, 2.05) is 47.6 Å². The number of Topliss-reactive ketones (excluding diaryl/α,β-unsaturated/α-hetero) is 1. The van der Waals surface area contributed by atoms with Crippen LogP contribution in [-0.4, -0.2) is 15.3 Å². The van der Waals surface area contributed by atoms with E-state index in [-0.39, 0.29) is 5.78 Å². The number of hydrogen-bond donors (Lipinski definition) is 1. The number of carbonyl (C=O) groups is 1. The number of nitrogens with zero attached hydrogens (tertiary/aromatic N) is 4. The second kappa shape index (κ2) is 8.98. The fraction of sp³-hybridized carbons (Fsp3) is 0.179. The van der Waals surface area contributed by atoms with Gasteiger partial charge in [-0.25, -0.2) is 4.98 Å². The summed E-state index contributed by atoms with van der Waals surface area (Å²) in [5.41, 5.74) is 12.5. The lowest BCUT2D eigenvalue weighted by Crippen LogP contribution is -2.38. The molecule has 2 aliphatic rings. The smallest absolute Gasteiger partial charge is 0.161 e. The van der Waals surface area contributed by atoms with Crippen LogP contribution in [0.1, 0.15) is 35.6 Å². The first-order valence-corrected chi connectivity index (χ1v) is 13.0. The lowest BCUT2D eigenvalue weighted by molar-refractivity contribution is -0.116. The average Bonchev–Trinajstić information content (AvgIpc) is 3.51. The molecule has 0 spiro atoms. The molecule has 8 heteroatoms. The standard InChI is InChI=1S/C28H22ClN5OS/c29-18-5-3-6-19(12-18)34-23-9-4-10-24(35)27(23)26(20(13-30)28(34)31)25-11-17(15-36-25)14-33-16-32-21-7-1-2-8-22(21)33/h1-3,5-8,11-12,15-16,26H,4,9-10,14,31H2/t26-/m1/s1. The van der Waals surface area contributed by atoms with E-state index in [1.54, 1.807) is 17.4 Å². The molecule has 6 nitrogen and oxygen atoms in total. The molecule has 6 rings (SSSR count). The summed E-state index contributed by atoms with van der Waals surface area (Å²) in [6, 6.07) is 19.8. The van der Waals surface area contributed by atoms with E-state index < -0.39 is 5.92 Å². The Morgan fingerprint density at radius 2 is 2.03 bits per heavy atom. The Kier molecular flexibility index (Phi) is 5.63. The van der Waals surface area contributed by atoms with Crippen LogP contribution in [0.2, 0.25) is 5.02 Å². The highest BCUT2D eigenvalue weighted by atomic mass is 35.5. The third kappa shape index (κ3) is 3.70. The van der Waals surface area contributed by atoms with Gasteiger partial charge in [0.15, 0.2) is 5.78 Å². The van der Waals surface area contributed by atoms with Gasteiger partial charge >= 0.3 is 0 Å². The van der Waals surface area contributed by atoms with Crippen molar-refractivity contribution in [2.45, 2.75) is 31.7 Å². The molecule has 0 fully saturated rings. The first kappa shape index (κ1) is 22.6. The van der Waals surface area contributed by atoms with Crippen molar-refractivity contribution >= 4 is 45.4 Å². The predicted octanol–water partition coefficient (Wildman–Crippen LogP) is 6.10. The quantitative estimate of drug-likeness (QED) is 0.357. The number of anilines is 1. The lowest BCUT2D eigenvalue weighted by atomic mass is 9.78. The van der Waals surface area contributed by atoms with E-state index in [2.05, 4.69) is 33.1 Å². The minimum atomic E-state index is -0.466. The number of halogens is 1. The molecule has 36 heavy (non-hydrogen) atoms. The molecule has 0 saturated heterocycles. The second-order valence-electron chi connectivity index (χ2n) is 9.01. The van der Waals surface area contributed by atoms with E-state index in [0.717, 1.165) is 39.3 Å². The van der Waals surface area contributed by atoms with Gasteiger partial charge in [0.2, 0.25) is 0 Å². The molecule has 2 aromatic heterocycles. The summed E-state index contributed by atoms with van der Waals surface area (Å²) < 4.78 is 2.11. The zero-order valence-electron chi connectivity index (χ0n) is 19.3. The number of hydrogen-bond acceptors (Lipinski definition) is 6. The van der Waals surface area contributed by atoms with Gasteiger partial charge in [0.1, 0.15) is 5.82 Å². The maximum Gasteiger partial charge on any atom is 0.161 e. The Morgan fingerprint density at radius 1 is 1.17 bits per heavy atom. The van der Waals surface area contributed by atoms with E-state index >= 15 is 0 Å². The summed E-state index contributed by atoms with van der Waals surface area (Å²) in [4.78, 5) is 20.6. The van der Waals surface area contributed by atoms with Gasteiger partial charge in [-0.15, -0.1) is 11.3 Å². The van der Waals surface area contributed by atoms with Crippen LogP contribution < -0.4 is 10.6 Å². The number of allylic oxidation sites excluding steroid dienone is 3. The van der Waals surface area contributed by atoms with Crippen molar-refractivity contribution in [3.05, 3.63) is 104 Å². The normalized spacial score (nSPS) is 18.1. The maximum atomic E-state index is 13.3. The van der Waals surface area contributed by atoms with Crippen molar-refractivity contribution in [2.24, 2.45) is 5.73 Å². The van der Waals surface area contributed by atoms with Crippen LogP contribution in [0.4, 0.5) is 5.69 Å². The van der Waals surface area contributed by atoms with Gasteiger partial charge in [0.25, 0.3) is 0 Å². The molecular formula is C28H22ClN5OS. The van der Waals surface area contributed by atoms with Gasteiger partial charge in [-0.1, -0.05) is 29.8 Å². The number of rotatable bonds is 4. The highest BCUT2D eigenvalue weighted by Crippen LogP contribution is 2.47. The number of imidazole rings is 1. The lowest BCUT2D eigenvalue weighted by Gasteiger charge is -2.39. The summed E-state index contributed by atoms with van der Waals surface area (Å²) in [6.45, 7) is 0.652. The molecule has 2 N–H and O–H groups in total. The van der Waals surface area contributed by atoms with Crippen LogP contribution >= 0.6 is 22.9 Å². The Morgan fingerprint density at radius 3 is 2.86 bits per heavy atom. The SMILES string of the molecule is N#CC1=C(N)N(c2cccc(Cl)c2)C2=C(C(=O)CCC2)[C@H]1c1cc(Cn2cnc3ccccc32)cs1. The van der Waals surface area contributed by atoms with Crippen LogP contribution in [0.5, 0.6) is 0 Å². The fourth-order valence-corrected chi connectivity index (χ4v) is 6.45. The molecular weight excluding hydrogens is 490 g/mol.